The zero-order valence-corrected chi connectivity index (χ0v) is 17.5. The number of carbonyl (C=O) groups is 1. The summed E-state index contributed by atoms with van der Waals surface area (Å²) in [5.41, 5.74) is 4.16. The molecule has 2 heterocycles. The molecular weight excluding hydrogens is 378 g/mol. The number of para-hydroxylation sites is 1. The Kier molecular flexibility index (Phi) is 5.35. The standard InChI is InChI=1S/C23H25N5O2/c1-5-10-24-22-21-18(28(27-22)23-25-14(2)11-15(3)26-23)12-16(13-19(21)29)17-8-6-7-9-20(17)30-4/h5-9,11,16H,1,10,12-13H2,2-4H3,(H,24,27). The molecule has 0 bridgehead atoms. The molecule has 0 aliphatic heterocycles. The first kappa shape index (κ1) is 19.8. The number of carbonyl (C=O) groups excluding carboxylic acids is 1. The van der Waals surface area contributed by atoms with Crippen LogP contribution in [0.1, 0.15) is 45.3 Å². The second-order valence-electron chi connectivity index (χ2n) is 7.47. The third kappa shape index (κ3) is 3.58. The number of aryl methyl sites for hydroxylation is 2. The van der Waals surface area contributed by atoms with Crippen molar-refractivity contribution in [1.82, 2.24) is 19.7 Å². The van der Waals surface area contributed by atoms with Gasteiger partial charge in [0.2, 0.25) is 0 Å². The highest BCUT2D eigenvalue weighted by atomic mass is 16.5. The molecule has 1 atom stereocenters. The Labute approximate surface area is 175 Å². The predicted octanol–water partition coefficient (Wildman–Crippen LogP) is 3.80. The van der Waals surface area contributed by atoms with Crippen LogP contribution in [0, 0.1) is 13.8 Å². The average molecular weight is 403 g/mol. The first-order valence-electron chi connectivity index (χ1n) is 9.97. The lowest BCUT2D eigenvalue weighted by Gasteiger charge is -2.24. The Morgan fingerprint density at radius 1 is 1.23 bits per heavy atom. The van der Waals surface area contributed by atoms with Crippen molar-refractivity contribution in [2.45, 2.75) is 32.6 Å². The molecule has 7 heteroatoms. The van der Waals surface area contributed by atoms with Gasteiger partial charge in [0, 0.05) is 30.3 Å². The molecule has 0 radical (unpaired) electrons. The summed E-state index contributed by atoms with van der Waals surface area (Å²) < 4.78 is 7.25. The van der Waals surface area contributed by atoms with Crippen molar-refractivity contribution in [3.05, 3.63) is 71.2 Å². The Balaban J connectivity index is 1.84. The van der Waals surface area contributed by atoms with Crippen LogP contribution < -0.4 is 10.1 Å². The van der Waals surface area contributed by atoms with Gasteiger partial charge in [0.05, 0.1) is 18.4 Å². The van der Waals surface area contributed by atoms with Gasteiger partial charge in [-0.1, -0.05) is 24.3 Å². The van der Waals surface area contributed by atoms with Crippen molar-refractivity contribution >= 4 is 11.6 Å². The van der Waals surface area contributed by atoms with E-state index in [0.29, 0.717) is 36.7 Å². The molecular formula is C23H25N5O2. The van der Waals surface area contributed by atoms with E-state index < -0.39 is 0 Å². The van der Waals surface area contributed by atoms with E-state index in [9.17, 15) is 4.79 Å². The van der Waals surface area contributed by atoms with Gasteiger partial charge >= 0.3 is 0 Å². The molecule has 0 saturated heterocycles. The number of nitrogens with zero attached hydrogens (tertiary/aromatic N) is 4. The Morgan fingerprint density at radius 3 is 2.67 bits per heavy atom. The van der Waals surface area contributed by atoms with Gasteiger partial charge in [0.1, 0.15) is 5.75 Å². The third-order valence-corrected chi connectivity index (χ3v) is 5.28. The van der Waals surface area contributed by atoms with Crippen molar-refractivity contribution in [1.29, 1.82) is 0 Å². The van der Waals surface area contributed by atoms with E-state index in [1.165, 1.54) is 0 Å². The number of ether oxygens (including phenoxy) is 1. The molecule has 1 unspecified atom stereocenters. The van der Waals surface area contributed by atoms with Crippen LogP contribution in [0.25, 0.3) is 5.95 Å². The Hall–Kier alpha value is -3.48. The quantitative estimate of drug-likeness (QED) is 0.631. The van der Waals surface area contributed by atoms with Gasteiger partial charge in [0.15, 0.2) is 11.6 Å². The number of aromatic nitrogens is 4. The Morgan fingerprint density at radius 2 is 1.97 bits per heavy atom. The molecule has 0 fully saturated rings. The van der Waals surface area contributed by atoms with Gasteiger partial charge in [-0.2, -0.15) is 0 Å². The summed E-state index contributed by atoms with van der Waals surface area (Å²) in [7, 11) is 1.65. The van der Waals surface area contributed by atoms with Crippen LogP contribution in [0.3, 0.4) is 0 Å². The maximum absolute atomic E-state index is 13.2. The highest BCUT2D eigenvalue weighted by molar-refractivity contribution is 6.03. The highest BCUT2D eigenvalue weighted by Gasteiger charge is 2.35. The van der Waals surface area contributed by atoms with Gasteiger partial charge < -0.3 is 10.1 Å². The van der Waals surface area contributed by atoms with Gasteiger partial charge in [-0.25, -0.2) is 14.6 Å². The Bertz CT molecular complexity index is 1100. The summed E-state index contributed by atoms with van der Waals surface area (Å²) in [4.78, 5) is 22.4. The van der Waals surface area contributed by atoms with E-state index in [1.807, 2.05) is 44.2 Å². The van der Waals surface area contributed by atoms with E-state index in [-0.39, 0.29) is 11.7 Å². The lowest BCUT2D eigenvalue weighted by molar-refractivity contribution is 0.0964. The summed E-state index contributed by atoms with van der Waals surface area (Å²) in [6, 6.07) is 9.77. The molecule has 1 N–H and O–H groups in total. The van der Waals surface area contributed by atoms with Crippen molar-refractivity contribution in [3.63, 3.8) is 0 Å². The first-order valence-corrected chi connectivity index (χ1v) is 9.97. The number of hydrogen-bond donors (Lipinski definition) is 1. The zero-order valence-electron chi connectivity index (χ0n) is 17.5. The van der Waals surface area contributed by atoms with Gasteiger partial charge in [-0.05, 0) is 38.0 Å². The molecule has 30 heavy (non-hydrogen) atoms. The van der Waals surface area contributed by atoms with Crippen LogP contribution in [0.4, 0.5) is 5.82 Å². The third-order valence-electron chi connectivity index (χ3n) is 5.28. The number of benzene rings is 1. The fourth-order valence-electron chi connectivity index (χ4n) is 4.05. The molecule has 1 aliphatic rings. The summed E-state index contributed by atoms with van der Waals surface area (Å²) in [6.07, 6.45) is 2.78. The molecule has 7 nitrogen and oxygen atoms in total. The molecule has 3 aromatic rings. The van der Waals surface area contributed by atoms with Crippen molar-refractivity contribution in [2.24, 2.45) is 0 Å². The van der Waals surface area contributed by atoms with E-state index in [1.54, 1.807) is 17.9 Å². The molecule has 0 spiro atoms. The topological polar surface area (TPSA) is 81.9 Å². The minimum absolute atomic E-state index is 0.00485. The SMILES string of the molecule is C=CCNc1nn(-c2nc(C)cc(C)n2)c2c1C(=O)CC(c1ccccc1OC)C2. The van der Waals surface area contributed by atoms with Crippen molar-refractivity contribution in [3.8, 4) is 11.7 Å². The van der Waals surface area contributed by atoms with E-state index in [4.69, 9.17) is 4.74 Å². The number of ketones is 1. The first-order chi connectivity index (χ1) is 14.5. The minimum Gasteiger partial charge on any atom is -0.496 e. The molecule has 0 amide bonds. The molecule has 4 rings (SSSR count). The molecule has 1 aliphatic carbocycles. The second-order valence-corrected chi connectivity index (χ2v) is 7.47. The number of hydrogen-bond acceptors (Lipinski definition) is 6. The van der Waals surface area contributed by atoms with Crippen molar-refractivity contribution < 1.29 is 9.53 Å². The number of Topliss-reactive ketones (excluding diaryl/α,β-unsaturated/α-hetero) is 1. The van der Waals surface area contributed by atoms with Gasteiger partial charge in [-0.15, -0.1) is 11.7 Å². The second kappa shape index (κ2) is 8.10. The van der Waals surface area contributed by atoms with Crippen molar-refractivity contribution in [2.75, 3.05) is 19.0 Å². The average Bonchev–Trinajstić information content (AvgIpc) is 3.10. The van der Waals surface area contributed by atoms with Gasteiger partial charge in [-0.3, -0.25) is 4.79 Å². The van der Waals surface area contributed by atoms with Crippen LogP contribution >= 0.6 is 0 Å². The molecule has 2 aromatic heterocycles. The number of nitrogens with one attached hydrogen (secondary N) is 1. The summed E-state index contributed by atoms with van der Waals surface area (Å²) in [5.74, 6) is 1.86. The van der Waals surface area contributed by atoms with E-state index >= 15 is 0 Å². The number of anilines is 1. The lowest BCUT2D eigenvalue weighted by Crippen LogP contribution is -2.22. The molecule has 154 valence electrons. The number of methoxy groups -OCH3 is 1. The highest BCUT2D eigenvalue weighted by Crippen LogP contribution is 2.39. The molecule has 0 saturated carbocycles. The van der Waals surface area contributed by atoms with Crippen LogP contribution in [-0.2, 0) is 6.42 Å². The smallest absolute Gasteiger partial charge is 0.251 e. The summed E-state index contributed by atoms with van der Waals surface area (Å²) in [6.45, 7) is 8.11. The predicted molar refractivity (Wildman–Crippen MR) is 116 cm³/mol. The van der Waals surface area contributed by atoms with Crippen LogP contribution in [-0.4, -0.2) is 39.2 Å². The normalized spacial score (nSPS) is 15.6. The minimum atomic E-state index is -0.00485. The number of fused-ring (bicyclic) bond motifs is 1. The fourth-order valence-corrected chi connectivity index (χ4v) is 4.05. The summed E-state index contributed by atoms with van der Waals surface area (Å²) in [5, 5.41) is 7.88. The zero-order chi connectivity index (χ0) is 21.3. The van der Waals surface area contributed by atoms with Crippen LogP contribution in [0.5, 0.6) is 5.75 Å². The monoisotopic (exact) mass is 403 g/mol. The fraction of sp³-hybridized carbons (Fsp3) is 0.304. The van der Waals surface area contributed by atoms with Gasteiger partial charge in [0.25, 0.3) is 5.95 Å². The lowest BCUT2D eigenvalue weighted by atomic mass is 9.81. The maximum Gasteiger partial charge on any atom is 0.251 e. The maximum atomic E-state index is 13.2. The number of rotatable bonds is 6. The largest absolute Gasteiger partial charge is 0.496 e. The van der Waals surface area contributed by atoms with Crippen LogP contribution in [0.2, 0.25) is 0 Å². The van der Waals surface area contributed by atoms with E-state index in [2.05, 4.69) is 27.0 Å². The van der Waals surface area contributed by atoms with Crippen LogP contribution in [0.15, 0.2) is 43.0 Å². The molecule has 1 aromatic carbocycles. The van der Waals surface area contributed by atoms with E-state index in [0.717, 1.165) is 28.4 Å². The summed E-state index contributed by atoms with van der Waals surface area (Å²) >= 11 is 0.